The molecule has 0 bridgehead atoms. The summed E-state index contributed by atoms with van der Waals surface area (Å²) in [6.45, 7) is 5.68. The van der Waals surface area contributed by atoms with Crippen molar-refractivity contribution in [2.75, 3.05) is 6.54 Å². The van der Waals surface area contributed by atoms with Crippen molar-refractivity contribution >= 4 is 18.3 Å². The summed E-state index contributed by atoms with van der Waals surface area (Å²) in [6.07, 6.45) is 1.80. The number of nitrogens with zero attached hydrogens (tertiary/aromatic N) is 1. The van der Waals surface area contributed by atoms with E-state index < -0.39 is 0 Å². The summed E-state index contributed by atoms with van der Waals surface area (Å²) in [5.41, 5.74) is 0. The molecule has 7 heavy (non-hydrogen) atoms. The van der Waals surface area contributed by atoms with Crippen molar-refractivity contribution < 1.29 is 0 Å². The summed E-state index contributed by atoms with van der Waals surface area (Å²) in [6, 6.07) is 0. The summed E-state index contributed by atoms with van der Waals surface area (Å²) in [5.74, 6) is 0. The number of halogens is 1. The lowest BCUT2D eigenvalue weighted by atomic mass is 10.5. The second kappa shape index (κ2) is 3.88. The van der Waals surface area contributed by atoms with E-state index in [4.69, 9.17) is 11.6 Å². The molecule has 0 heterocycles. The van der Waals surface area contributed by atoms with Crippen LogP contribution >= 0.6 is 11.6 Å². The lowest BCUT2D eigenvalue weighted by molar-refractivity contribution is 1.23. The first kappa shape index (κ1) is 6.70. The first-order valence-corrected chi connectivity index (χ1v) is 2.42. The third-order valence-corrected chi connectivity index (χ3v) is 0.914. The molecule has 0 radical (unpaired) electrons. The molecular weight excluding hydrogens is 110 g/mol. The predicted octanol–water partition coefficient (Wildman–Crippen LogP) is 1.83. The summed E-state index contributed by atoms with van der Waals surface area (Å²) in [7, 11) is 0. The van der Waals surface area contributed by atoms with Crippen LogP contribution in [0.15, 0.2) is 16.1 Å². The van der Waals surface area contributed by atoms with Crippen LogP contribution in [0, 0.1) is 0 Å². The molecule has 0 atom stereocenters. The van der Waals surface area contributed by atoms with Crippen LogP contribution in [0.1, 0.15) is 6.92 Å². The Morgan fingerprint density at radius 1 is 2.00 bits per heavy atom. The maximum Gasteiger partial charge on any atom is 0.0735 e. The molecule has 2 heteroatoms. The maximum atomic E-state index is 5.49. The number of hydrogen-bond donors (Lipinski definition) is 0. The highest BCUT2D eigenvalue weighted by atomic mass is 35.5. The molecule has 0 fully saturated rings. The molecular formula is C5H8ClN. The van der Waals surface area contributed by atoms with Crippen LogP contribution in [0.5, 0.6) is 0 Å². The van der Waals surface area contributed by atoms with Crippen molar-refractivity contribution in [2.45, 2.75) is 6.92 Å². The summed E-state index contributed by atoms with van der Waals surface area (Å²) >= 11 is 5.49. The largest absolute Gasteiger partial charge is 0.295 e. The standard InChI is InChI=1S/C5H8ClN/c1-3-5(6)4-7-2/h3H,2,4H2,1H3/b5-3+. The van der Waals surface area contributed by atoms with Gasteiger partial charge < -0.3 is 0 Å². The lowest BCUT2D eigenvalue weighted by Gasteiger charge is -1.84. The molecule has 0 aromatic rings. The zero-order chi connectivity index (χ0) is 5.70. The van der Waals surface area contributed by atoms with Gasteiger partial charge in [0.2, 0.25) is 0 Å². The van der Waals surface area contributed by atoms with Gasteiger partial charge in [-0.2, -0.15) is 0 Å². The van der Waals surface area contributed by atoms with Crippen molar-refractivity contribution in [2.24, 2.45) is 4.99 Å². The molecule has 0 aliphatic heterocycles. The van der Waals surface area contributed by atoms with Crippen LogP contribution in [0.25, 0.3) is 0 Å². The molecule has 0 amide bonds. The topological polar surface area (TPSA) is 12.4 Å². The highest BCUT2D eigenvalue weighted by molar-refractivity contribution is 6.29. The molecule has 0 aliphatic rings. The molecule has 0 aromatic carbocycles. The predicted molar refractivity (Wildman–Crippen MR) is 34.0 cm³/mol. The van der Waals surface area contributed by atoms with Crippen LogP contribution in [0.3, 0.4) is 0 Å². The minimum absolute atomic E-state index is 0.540. The van der Waals surface area contributed by atoms with Gasteiger partial charge in [-0.3, -0.25) is 4.99 Å². The van der Waals surface area contributed by atoms with E-state index in [9.17, 15) is 0 Å². The van der Waals surface area contributed by atoms with Crippen LogP contribution in [-0.2, 0) is 0 Å². The van der Waals surface area contributed by atoms with E-state index in [0.717, 1.165) is 5.03 Å². The van der Waals surface area contributed by atoms with Crippen molar-refractivity contribution in [1.82, 2.24) is 0 Å². The maximum absolute atomic E-state index is 5.49. The van der Waals surface area contributed by atoms with Gasteiger partial charge in [0.05, 0.1) is 6.54 Å². The normalized spacial score (nSPS) is 11.4. The van der Waals surface area contributed by atoms with Gasteiger partial charge in [0.25, 0.3) is 0 Å². The van der Waals surface area contributed by atoms with E-state index >= 15 is 0 Å². The van der Waals surface area contributed by atoms with E-state index in [1.165, 1.54) is 0 Å². The monoisotopic (exact) mass is 117 g/mol. The average Bonchev–Trinajstić information content (AvgIpc) is 1.68. The Morgan fingerprint density at radius 2 is 2.57 bits per heavy atom. The van der Waals surface area contributed by atoms with E-state index in [1.54, 1.807) is 6.08 Å². The molecule has 0 aliphatic carbocycles. The SMILES string of the molecule is C=NC/C(Cl)=C\C. The third-order valence-electron chi connectivity index (χ3n) is 0.576. The number of hydrogen-bond acceptors (Lipinski definition) is 1. The smallest absolute Gasteiger partial charge is 0.0735 e. The van der Waals surface area contributed by atoms with Gasteiger partial charge in [0, 0.05) is 5.03 Å². The van der Waals surface area contributed by atoms with Gasteiger partial charge in [-0.15, -0.1) is 0 Å². The number of aliphatic imine (C=N–C) groups is 1. The Balaban J connectivity index is 3.36. The van der Waals surface area contributed by atoms with Gasteiger partial charge >= 0.3 is 0 Å². The van der Waals surface area contributed by atoms with Crippen LogP contribution in [0.2, 0.25) is 0 Å². The highest BCUT2D eigenvalue weighted by Crippen LogP contribution is 1.98. The van der Waals surface area contributed by atoms with Gasteiger partial charge in [0.1, 0.15) is 0 Å². The average molecular weight is 118 g/mol. The fourth-order valence-corrected chi connectivity index (χ4v) is 0.283. The third kappa shape index (κ3) is 3.53. The molecule has 40 valence electrons. The number of rotatable bonds is 2. The highest BCUT2D eigenvalue weighted by Gasteiger charge is 1.80. The van der Waals surface area contributed by atoms with Crippen LogP contribution in [-0.4, -0.2) is 13.3 Å². The summed E-state index contributed by atoms with van der Waals surface area (Å²) in [4.78, 5) is 3.56. The van der Waals surface area contributed by atoms with Crippen molar-refractivity contribution in [3.05, 3.63) is 11.1 Å². The first-order valence-electron chi connectivity index (χ1n) is 2.04. The van der Waals surface area contributed by atoms with Crippen molar-refractivity contribution in [1.29, 1.82) is 0 Å². The Morgan fingerprint density at radius 3 is 2.71 bits per heavy atom. The first-order chi connectivity index (χ1) is 3.31. The fourth-order valence-electron chi connectivity index (χ4n) is 0.198. The molecule has 0 N–H and O–H groups in total. The molecule has 0 saturated carbocycles. The van der Waals surface area contributed by atoms with Gasteiger partial charge in [-0.05, 0) is 13.6 Å². The minimum atomic E-state index is 0.540. The van der Waals surface area contributed by atoms with E-state index in [-0.39, 0.29) is 0 Å². The quantitative estimate of drug-likeness (QED) is 0.490. The Labute approximate surface area is 48.7 Å². The zero-order valence-electron chi connectivity index (χ0n) is 4.32. The fraction of sp³-hybridized carbons (Fsp3) is 0.400. The van der Waals surface area contributed by atoms with Crippen LogP contribution < -0.4 is 0 Å². The molecule has 0 saturated heterocycles. The molecule has 0 aromatic heterocycles. The van der Waals surface area contributed by atoms with Crippen molar-refractivity contribution in [3.63, 3.8) is 0 Å². The van der Waals surface area contributed by atoms with Gasteiger partial charge in [-0.1, -0.05) is 17.7 Å². The second-order valence-electron chi connectivity index (χ2n) is 1.12. The molecule has 0 unspecified atom stereocenters. The Bertz CT molecular complexity index is 86.1. The summed E-state index contributed by atoms with van der Waals surface area (Å²) < 4.78 is 0. The number of allylic oxidation sites excluding steroid dienone is 1. The minimum Gasteiger partial charge on any atom is -0.295 e. The van der Waals surface area contributed by atoms with E-state index in [0.29, 0.717) is 6.54 Å². The lowest BCUT2D eigenvalue weighted by Crippen LogP contribution is -1.74. The summed E-state index contributed by atoms with van der Waals surface area (Å²) in [5, 5.41) is 0.745. The Hall–Kier alpha value is -0.300. The molecule has 1 nitrogen and oxygen atoms in total. The Kier molecular flexibility index (Phi) is 3.71. The van der Waals surface area contributed by atoms with Gasteiger partial charge in [-0.25, -0.2) is 0 Å². The van der Waals surface area contributed by atoms with E-state index in [2.05, 4.69) is 11.7 Å². The molecule has 0 spiro atoms. The zero-order valence-corrected chi connectivity index (χ0v) is 5.07. The second-order valence-corrected chi connectivity index (χ2v) is 1.60. The molecule has 0 rings (SSSR count). The van der Waals surface area contributed by atoms with Crippen molar-refractivity contribution in [3.8, 4) is 0 Å². The van der Waals surface area contributed by atoms with Crippen LogP contribution in [0.4, 0.5) is 0 Å². The van der Waals surface area contributed by atoms with Gasteiger partial charge in [0.15, 0.2) is 0 Å². The van der Waals surface area contributed by atoms with E-state index in [1.807, 2.05) is 6.92 Å².